The van der Waals surface area contributed by atoms with E-state index in [9.17, 15) is 9.59 Å². The van der Waals surface area contributed by atoms with Gasteiger partial charge in [0.25, 0.3) is 0 Å². The Morgan fingerprint density at radius 2 is 2.05 bits per heavy atom. The minimum absolute atomic E-state index is 0.0365. The highest BCUT2D eigenvalue weighted by Crippen LogP contribution is 2.28. The van der Waals surface area contributed by atoms with Crippen LogP contribution in [0.4, 0.5) is 5.69 Å². The number of H-pyrrole nitrogens is 1. The van der Waals surface area contributed by atoms with Gasteiger partial charge in [-0.15, -0.1) is 0 Å². The number of Topliss-reactive ketones (excluding diaryl/α,β-unsaturated/α-hetero) is 2. The molecule has 20 heavy (non-hydrogen) atoms. The van der Waals surface area contributed by atoms with E-state index in [-0.39, 0.29) is 22.1 Å². The molecule has 1 aliphatic carbocycles. The van der Waals surface area contributed by atoms with Gasteiger partial charge in [-0.1, -0.05) is 33.6 Å². The second kappa shape index (κ2) is 4.88. The summed E-state index contributed by atoms with van der Waals surface area (Å²) in [5.74, 6) is -0.859. The Hall–Kier alpha value is -1.92. The molecule has 0 radical (unpaired) electrons. The van der Waals surface area contributed by atoms with Crippen LogP contribution >= 0.6 is 27.5 Å². The highest BCUT2D eigenvalue weighted by atomic mass is 79.9. The third kappa shape index (κ3) is 2.07. The topological polar surface area (TPSA) is 74.8 Å². The molecule has 1 heterocycles. The number of rotatable bonds is 2. The monoisotopic (exact) mass is 351 g/mol. The fraction of sp³-hybridized carbons (Fsp3) is 0. The third-order valence-electron chi connectivity index (χ3n) is 2.82. The van der Waals surface area contributed by atoms with E-state index < -0.39 is 11.6 Å². The van der Waals surface area contributed by atoms with Gasteiger partial charge in [-0.25, -0.2) is 4.98 Å². The second-order valence-corrected chi connectivity index (χ2v) is 5.40. The lowest BCUT2D eigenvalue weighted by molar-refractivity contribution is 0.0977. The molecule has 0 atom stereocenters. The Morgan fingerprint density at radius 1 is 1.25 bits per heavy atom. The minimum Gasteiger partial charge on any atom is -0.351 e. The number of carbonyl (C=O) groups is 2. The number of imidazole rings is 1. The van der Waals surface area contributed by atoms with Gasteiger partial charge in [0, 0.05) is 10.2 Å². The van der Waals surface area contributed by atoms with Crippen molar-refractivity contribution in [3.63, 3.8) is 0 Å². The van der Waals surface area contributed by atoms with Crippen LogP contribution in [0, 0.1) is 0 Å². The van der Waals surface area contributed by atoms with E-state index in [4.69, 9.17) is 11.6 Å². The number of halogens is 2. The molecule has 0 amide bonds. The first-order valence-corrected chi connectivity index (χ1v) is 6.80. The van der Waals surface area contributed by atoms with E-state index in [2.05, 4.69) is 31.2 Å². The Kier molecular flexibility index (Phi) is 3.19. The van der Waals surface area contributed by atoms with Crippen molar-refractivity contribution in [3.05, 3.63) is 57.2 Å². The van der Waals surface area contributed by atoms with Gasteiger partial charge in [0.2, 0.25) is 11.6 Å². The van der Waals surface area contributed by atoms with Crippen molar-refractivity contribution < 1.29 is 9.59 Å². The number of carbonyl (C=O) groups excluding carboxylic acids is 2. The Balaban J connectivity index is 2.03. The zero-order valence-corrected chi connectivity index (χ0v) is 12.2. The van der Waals surface area contributed by atoms with E-state index in [1.807, 2.05) is 6.07 Å². The lowest BCUT2D eigenvalue weighted by Gasteiger charge is -2.15. The fourth-order valence-electron chi connectivity index (χ4n) is 1.90. The van der Waals surface area contributed by atoms with Gasteiger partial charge < -0.3 is 10.3 Å². The van der Waals surface area contributed by atoms with Gasteiger partial charge >= 0.3 is 0 Å². The highest BCUT2D eigenvalue weighted by Gasteiger charge is 2.33. The summed E-state index contributed by atoms with van der Waals surface area (Å²) in [6, 6.07) is 7.19. The van der Waals surface area contributed by atoms with Crippen LogP contribution in [0.2, 0.25) is 0 Å². The number of nitrogens with one attached hydrogen (secondary N) is 2. The van der Waals surface area contributed by atoms with Crippen LogP contribution in [0.5, 0.6) is 0 Å². The number of ketones is 2. The summed E-state index contributed by atoms with van der Waals surface area (Å²) in [6.07, 6.45) is 1.30. The summed E-state index contributed by atoms with van der Waals surface area (Å²) in [5.41, 5.74) is 0.888. The molecule has 0 bridgehead atoms. The standard InChI is InChI=1S/C13H7BrClN3O2/c14-6-2-1-3-7(4-6)18-9-8(15)12(19)10-11(13(9)20)17-5-16-10/h1-5,18H,(H,16,17). The van der Waals surface area contributed by atoms with Crippen LogP contribution in [0.3, 0.4) is 0 Å². The number of anilines is 1. The Bertz CT molecular complexity index is 766. The van der Waals surface area contributed by atoms with Crippen molar-refractivity contribution >= 4 is 44.8 Å². The molecule has 0 aliphatic heterocycles. The normalized spacial score (nSPS) is 14.5. The number of fused-ring (bicyclic) bond motifs is 1. The molecule has 2 aromatic rings. The molecule has 0 saturated heterocycles. The number of aromatic nitrogens is 2. The summed E-state index contributed by atoms with van der Waals surface area (Å²) < 4.78 is 0.842. The number of hydrogen-bond acceptors (Lipinski definition) is 4. The summed E-state index contributed by atoms with van der Waals surface area (Å²) in [4.78, 5) is 30.8. The zero-order chi connectivity index (χ0) is 14.3. The molecule has 7 heteroatoms. The van der Waals surface area contributed by atoms with E-state index >= 15 is 0 Å². The second-order valence-electron chi connectivity index (χ2n) is 4.11. The molecule has 1 aromatic carbocycles. The smallest absolute Gasteiger partial charge is 0.231 e. The van der Waals surface area contributed by atoms with Gasteiger partial charge in [0.05, 0.1) is 6.33 Å². The Labute approximate surface area is 127 Å². The summed E-state index contributed by atoms with van der Waals surface area (Å²) >= 11 is 9.32. The van der Waals surface area contributed by atoms with Crippen LogP contribution in [-0.2, 0) is 0 Å². The first kappa shape index (κ1) is 13.1. The number of allylic oxidation sites excluding steroid dienone is 2. The first-order chi connectivity index (χ1) is 9.58. The Morgan fingerprint density at radius 3 is 2.80 bits per heavy atom. The average molecular weight is 353 g/mol. The molecule has 2 N–H and O–H groups in total. The molecule has 100 valence electrons. The average Bonchev–Trinajstić information content (AvgIpc) is 2.91. The molecule has 0 spiro atoms. The predicted octanol–water partition coefficient (Wildman–Crippen LogP) is 3.11. The molecule has 0 saturated carbocycles. The van der Waals surface area contributed by atoms with Crippen LogP contribution < -0.4 is 5.32 Å². The van der Waals surface area contributed by atoms with Crippen molar-refractivity contribution in [2.75, 3.05) is 5.32 Å². The van der Waals surface area contributed by atoms with Crippen molar-refractivity contribution in [1.82, 2.24) is 9.97 Å². The lowest BCUT2D eigenvalue weighted by Crippen LogP contribution is -2.24. The van der Waals surface area contributed by atoms with Gasteiger partial charge in [-0.2, -0.15) is 0 Å². The lowest BCUT2D eigenvalue weighted by atomic mass is 10.0. The molecule has 0 unspecified atom stereocenters. The predicted molar refractivity (Wildman–Crippen MR) is 77.9 cm³/mol. The van der Waals surface area contributed by atoms with Crippen LogP contribution in [-0.4, -0.2) is 21.5 Å². The number of aromatic amines is 1. The third-order valence-corrected chi connectivity index (χ3v) is 3.68. The maximum atomic E-state index is 12.3. The quantitative estimate of drug-likeness (QED) is 0.871. The summed E-state index contributed by atoms with van der Waals surface area (Å²) in [5, 5.41) is 2.73. The zero-order valence-electron chi connectivity index (χ0n) is 9.91. The first-order valence-electron chi connectivity index (χ1n) is 5.63. The molecule has 1 aliphatic rings. The number of nitrogens with zero attached hydrogens (tertiary/aromatic N) is 1. The number of benzene rings is 1. The van der Waals surface area contributed by atoms with Crippen LogP contribution in [0.25, 0.3) is 0 Å². The maximum Gasteiger partial charge on any atom is 0.231 e. The molecule has 0 fully saturated rings. The van der Waals surface area contributed by atoms with Gasteiger partial charge in [-0.3, -0.25) is 9.59 Å². The van der Waals surface area contributed by atoms with E-state index in [1.165, 1.54) is 6.33 Å². The summed E-state index contributed by atoms with van der Waals surface area (Å²) in [6.45, 7) is 0. The van der Waals surface area contributed by atoms with Gasteiger partial charge in [0.15, 0.2) is 0 Å². The van der Waals surface area contributed by atoms with Gasteiger partial charge in [0.1, 0.15) is 22.1 Å². The van der Waals surface area contributed by atoms with Gasteiger partial charge in [-0.05, 0) is 18.2 Å². The molecular formula is C13H7BrClN3O2. The largest absolute Gasteiger partial charge is 0.351 e. The molecular weight excluding hydrogens is 346 g/mol. The van der Waals surface area contributed by atoms with E-state index in [0.717, 1.165) is 4.47 Å². The maximum absolute atomic E-state index is 12.3. The van der Waals surface area contributed by atoms with Crippen molar-refractivity contribution in [2.45, 2.75) is 0 Å². The fourth-order valence-corrected chi connectivity index (χ4v) is 2.53. The van der Waals surface area contributed by atoms with E-state index in [1.54, 1.807) is 18.2 Å². The minimum atomic E-state index is -0.448. The summed E-state index contributed by atoms with van der Waals surface area (Å²) in [7, 11) is 0. The molecule has 1 aromatic heterocycles. The number of hydrogen-bond donors (Lipinski definition) is 2. The van der Waals surface area contributed by atoms with Crippen LogP contribution in [0.15, 0.2) is 45.8 Å². The molecule has 3 rings (SSSR count). The van der Waals surface area contributed by atoms with Crippen molar-refractivity contribution in [1.29, 1.82) is 0 Å². The highest BCUT2D eigenvalue weighted by molar-refractivity contribution is 9.10. The van der Waals surface area contributed by atoms with Crippen LogP contribution in [0.1, 0.15) is 21.0 Å². The van der Waals surface area contributed by atoms with Crippen molar-refractivity contribution in [2.24, 2.45) is 0 Å². The van der Waals surface area contributed by atoms with E-state index in [0.29, 0.717) is 5.69 Å². The molecule has 5 nitrogen and oxygen atoms in total. The SMILES string of the molecule is O=C1C(Nc2cccc(Br)c2)=C(Cl)C(=O)c2[nH]cnc21. The van der Waals surface area contributed by atoms with Crippen molar-refractivity contribution in [3.8, 4) is 0 Å².